The molecule has 0 aromatic heterocycles. The van der Waals surface area contributed by atoms with Gasteiger partial charge < -0.3 is 10.2 Å². The number of hydrogen-bond acceptors (Lipinski definition) is 3. The standard InChI is InChI=1S/C21H35N3O3/c1-14-10-15(2)12-23(11-14)17(25)13-24-18(26)21(22-19(24)27)8-6-16(7-9-21)20(3,4)5/h14-16H,6-13H2,1-5H3,(H,22,27). The van der Waals surface area contributed by atoms with Gasteiger partial charge in [0.1, 0.15) is 12.1 Å². The third-order valence-electron chi connectivity index (χ3n) is 6.82. The summed E-state index contributed by atoms with van der Waals surface area (Å²) in [7, 11) is 0. The maximum absolute atomic E-state index is 13.1. The van der Waals surface area contributed by atoms with Crippen LogP contribution in [-0.2, 0) is 9.59 Å². The summed E-state index contributed by atoms with van der Waals surface area (Å²) in [5.41, 5.74) is -0.577. The summed E-state index contributed by atoms with van der Waals surface area (Å²) in [5, 5.41) is 2.93. The molecule has 3 aliphatic rings. The molecule has 0 bridgehead atoms. The second kappa shape index (κ2) is 7.10. The van der Waals surface area contributed by atoms with Crippen LogP contribution >= 0.6 is 0 Å². The molecule has 1 aliphatic carbocycles. The lowest BCUT2D eigenvalue weighted by Crippen LogP contribution is -2.51. The van der Waals surface area contributed by atoms with Gasteiger partial charge in [-0.2, -0.15) is 0 Å². The molecule has 6 nitrogen and oxygen atoms in total. The first-order chi connectivity index (χ1) is 12.5. The first-order valence-corrected chi connectivity index (χ1v) is 10.4. The molecule has 2 saturated heterocycles. The summed E-state index contributed by atoms with van der Waals surface area (Å²) in [6.07, 6.45) is 4.31. The van der Waals surface area contributed by atoms with Gasteiger partial charge in [0.2, 0.25) is 5.91 Å². The van der Waals surface area contributed by atoms with Gasteiger partial charge in [0.15, 0.2) is 0 Å². The monoisotopic (exact) mass is 377 g/mol. The summed E-state index contributed by atoms with van der Waals surface area (Å²) in [6, 6.07) is -0.402. The Balaban J connectivity index is 1.64. The summed E-state index contributed by atoms with van der Waals surface area (Å²) >= 11 is 0. The Morgan fingerprint density at radius 3 is 2.19 bits per heavy atom. The van der Waals surface area contributed by atoms with Gasteiger partial charge in [0.25, 0.3) is 5.91 Å². The van der Waals surface area contributed by atoms with Crippen molar-refractivity contribution in [2.45, 2.75) is 72.3 Å². The number of nitrogens with one attached hydrogen (secondary N) is 1. The van der Waals surface area contributed by atoms with Crippen molar-refractivity contribution in [3.8, 4) is 0 Å². The molecule has 152 valence electrons. The van der Waals surface area contributed by atoms with E-state index in [9.17, 15) is 14.4 Å². The van der Waals surface area contributed by atoms with Crippen LogP contribution in [0.5, 0.6) is 0 Å². The van der Waals surface area contributed by atoms with Crippen molar-refractivity contribution in [2.75, 3.05) is 19.6 Å². The number of hydrogen-bond donors (Lipinski definition) is 1. The van der Waals surface area contributed by atoms with Crippen molar-refractivity contribution in [1.29, 1.82) is 0 Å². The molecule has 2 heterocycles. The lowest BCUT2D eigenvalue weighted by atomic mass is 9.67. The first-order valence-electron chi connectivity index (χ1n) is 10.4. The van der Waals surface area contributed by atoms with Gasteiger partial charge in [-0.1, -0.05) is 34.6 Å². The fourth-order valence-corrected chi connectivity index (χ4v) is 5.24. The number of carbonyl (C=O) groups is 3. The topological polar surface area (TPSA) is 69.7 Å². The molecular formula is C21H35N3O3. The number of rotatable bonds is 2. The van der Waals surface area contributed by atoms with E-state index >= 15 is 0 Å². The molecule has 0 aromatic carbocycles. The number of urea groups is 1. The Morgan fingerprint density at radius 2 is 1.67 bits per heavy atom. The van der Waals surface area contributed by atoms with E-state index in [1.165, 1.54) is 0 Å². The van der Waals surface area contributed by atoms with Crippen LogP contribution in [0.4, 0.5) is 4.79 Å². The normalized spacial score (nSPS) is 34.9. The average Bonchev–Trinajstić information content (AvgIpc) is 2.78. The van der Waals surface area contributed by atoms with E-state index in [1.807, 2.05) is 4.90 Å². The molecule has 2 aliphatic heterocycles. The predicted molar refractivity (Wildman–Crippen MR) is 104 cm³/mol. The van der Waals surface area contributed by atoms with Crippen LogP contribution in [0.15, 0.2) is 0 Å². The van der Waals surface area contributed by atoms with Gasteiger partial charge in [-0.3, -0.25) is 14.5 Å². The van der Waals surface area contributed by atoms with E-state index in [0.29, 0.717) is 43.7 Å². The summed E-state index contributed by atoms with van der Waals surface area (Å²) in [6.45, 7) is 12.3. The molecule has 27 heavy (non-hydrogen) atoms. The van der Waals surface area contributed by atoms with Crippen molar-refractivity contribution in [3.05, 3.63) is 0 Å². The molecule has 1 saturated carbocycles. The van der Waals surface area contributed by atoms with Gasteiger partial charge >= 0.3 is 6.03 Å². The maximum atomic E-state index is 13.1. The van der Waals surface area contributed by atoms with Gasteiger partial charge in [-0.15, -0.1) is 0 Å². The summed E-state index contributed by atoms with van der Waals surface area (Å²) in [4.78, 5) is 41.3. The Hall–Kier alpha value is -1.59. The Morgan fingerprint density at radius 1 is 1.11 bits per heavy atom. The fraction of sp³-hybridized carbons (Fsp3) is 0.857. The third kappa shape index (κ3) is 3.99. The predicted octanol–water partition coefficient (Wildman–Crippen LogP) is 3.02. The smallest absolute Gasteiger partial charge is 0.325 e. The minimum Gasteiger partial charge on any atom is -0.341 e. The van der Waals surface area contributed by atoms with Gasteiger partial charge in [-0.25, -0.2) is 4.79 Å². The zero-order valence-electron chi connectivity index (χ0n) is 17.5. The van der Waals surface area contributed by atoms with Crippen molar-refractivity contribution in [1.82, 2.24) is 15.1 Å². The van der Waals surface area contributed by atoms with E-state index in [2.05, 4.69) is 39.9 Å². The van der Waals surface area contributed by atoms with Crippen LogP contribution < -0.4 is 5.32 Å². The van der Waals surface area contributed by atoms with Crippen LogP contribution in [0.25, 0.3) is 0 Å². The van der Waals surface area contributed by atoms with Crippen LogP contribution in [0.1, 0.15) is 66.7 Å². The van der Waals surface area contributed by atoms with Crippen LogP contribution in [0, 0.1) is 23.2 Å². The summed E-state index contributed by atoms with van der Waals surface area (Å²) < 4.78 is 0. The third-order valence-corrected chi connectivity index (χ3v) is 6.82. The highest BCUT2D eigenvalue weighted by molar-refractivity contribution is 6.09. The SMILES string of the molecule is CC1CC(C)CN(C(=O)CN2C(=O)NC3(CCC(C(C)(C)C)CC3)C2=O)C1. The highest BCUT2D eigenvalue weighted by atomic mass is 16.2. The molecule has 0 aromatic rings. The number of likely N-dealkylation sites (tertiary alicyclic amines) is 1. The van der Waals surface area contributed by atoms with Crippen molar-refractivity contribution in [2.24, 2.45) is 23.2 Å². The first kappa shape index (κ1) is 20.2. The molecule has 2 atom stereocenters. The summed E-state index contributed by atoms with van der Waals surface area (Å²) in [5.74, 6) is 1.16. The van der Waals surface area contributed by atoms with E-state index in [4.69, 9.17) is 0 Å². The highest BCUT2D eigenvalue weighted by Gasteiger charge is 2.53. The Bertz CT molecular complexity index is 607. The van der Waals surface area contributed by atoms with Gasteiger partial charge in [0, 0.05) is 13.1 Å². The van der Waals surface area contributed by atoms with Crippen LogP contribution in [-0.4, -0.2) is 52.8 Å². The molecular weight excluding hydrogens is 342 g/mol. The molecule has 1 N–H and O–H groups in total. The number of nitrogens with zero attached hydrogens (tertiary/aromatic N) is 2. The zero-order chi connectivity index (χ0) is 20.0. The lowest BCUT2D eigenvalue weighted by Gasteiger charge is -2.40. The number of amides is 4. The largest absolute Gasteiger partial charge is 0.341 e. The molecule has 1 spiro atoms. The quantitative estimate of drug-likeness (QED) is 0.752. The Kier molecular flexibility index (Phi) is 5.30. The number of imide groups is 1. The Labute approximate surface area is 163 Å². The fourth-order valence-electron chi connectivity index (χ4n) is 5.24. The molecule has 3 fully saturated rings. The van der Waals surface area contributed by atoms with Crippen LogP contribution in [0.3, 0.4) is 0 Å². The minimum atomic E-state index is -0.790. The highest BCUT2D eigenvalue weighted by Crippen LogP contribution is 2.43. The maximum Gasteiger partial charge on any atom is 0.325 e. The lowest BCUT2D eigenvalue weighted by molar-refractivity contribution is -0.141. The molecule has 4 amide bonds. The van der Waals surface area contributed by atoms with Crippen molar-refractivity contribution >= 4 is 17.8 Å². The van der Waals surface area contributed by atoms with Gasteiger partial charge in [0.05, 0.1) is 0 Å². The van der Waals surface area contributed by atoms with E-state index < -0.39 is 11.6 Å². The van der Waals surface area contributed by atoms with Crippen LogP contribution in [0.2, 0.25) is 0 Å². The van der Waals surface area contributed by atoms with Gasteiger partial charge in [-0.05, 0) is 55.3 Å². The molecule has 2 unspecified atom stereocenters. The van der Waals surface area contributed by atoms with E-state index in [0.717, 1.165) is 24.2 Å². The molecule has 6 heteroatoms. The number of piperidine rings is 1. The number of carbonyl (C=O) groups excluding carboxylic acids is 3. The second-order valence-electron chi connectivity index (χ2n) is 10.3. The molecule has 3 rings (SSSR count). The average molecular weight is 378 g/mol. The van der Waals surface area contributed by atoms with Crippen molar-refractivity contribution < 1.29 is 14.4 Å². The molecule has 0 radical (unpaired) electrons. The minimum absolute atomic E-state index is 0.114. The van der Waals surface area contributed by atoms with E-state index in [-0.39, 0.29) is 23.8 Å². The van der Waals surface area contributed by atoms with Crippen molar-refractivity contribution in [3.63, 3.8) is 0 Å². The van der Waals surface area contributed by atoms with E-state index in [1.54, 1.807) is 0 Å². The second-order valence-corrected chi connectivity index (χ2v) is 10.3. The zero-order valence-corrected chi connectivity index (χ0v) is 17.5.